The van der Waals surface area contributed by atoms with Crippen LogP contribution in [0.3, 0.4) is 0 Å². The van der Waals surface area contributed by atoms with Gasteiger partial charge in [-0.25, -0.2) is 0 Å². The third-order valence-electron chi connectivity index (χ3n) is 23.0. The topological polar surface area (TPSA) is 6.48 Å². The number of hydrogen-bond acceptors (Lipinski definition) is 2. The number of rotatable bonds is 14. The van der Waals surface area contributed by atoms with Gasteiger partial charge in [0, 0.05) is 45.0 Å². The molecule has 3 heteroatoms. The van der Waals surface area contributed by atoms with Crippen LogP contribution in [0.1, 0.15) is 52.7 Å². The van der Waals surface area contributed by atoms with Gasteiger partial charge in [-0.05, 0) is 222 Å². The summed E-state index contributed by atoms with van der Waals surface area (Å²) in [6.07, 6.45) is 0. The lowest BCUT2D eigenvalue weighted by Crippen LogP contribution is -2.61. The molecular formula is C110H85BN2. The van der Waals surface area contributed by atoms with Crippen molar-refractivity contribution in [2.24, 2.45) is 0 Å². The summed E-state index contributed by atoms with van der Waals surface area (Å²) in [5.74, 6) is 0. The molecule has 17 aromatic rings. The van der Waals surface area contributed by atoms with Crippen LogP contribution in [0.15, 0.2) is 406 Å². The Morgan fingerprint density at radius 3 is 0.619 bits per heavy atom. The Labute approximate surface area is 666 Å². The molecule has 19 rings (SSSR count). The predicted molar refractivity (Wildman–Crippen MR) is 483 cm³/mol. The zero-order valence-electron chi connectivity index (χ0n) is 64.7. The number of nitrogens with zero attached hydrogens (tertiary/aromatic N) is 2. The van der Waals surface area contributed by atoms with Crippen LogP contribution in [0, 0.1) is 0 Å². The van der Waals surface area contributed by atoms with Crippen molar-refractivity contribution in [3.8, 4) is 134 Å². The molecule has 0 unspecified atom stereocenters. The highest BCUT2D eigenvalue weighted by molar-refractivity contribution is 7.00. The lowest BCUT2D eigenvalue weighted by Gasteiger charge is -2.46. The zero-order valence-corrected chi connectivity index (χ0v) is 64.7. The normalized spacial score (nSPS) is 12.3. The van der Waals surface area contributed by atoms with Crippen molar-refractivity contribution in [1.82, 2.24) is 0 Å². The summed E-state index contributed by atoms with van der Waals surface area (Å²) >= 11 is 0. The molecule has 113 heavy (non-hydrogen) atoms. The Bertz CT molecular complexity index is 5740. The van der Waals surface area contributed by atoms with E-state index in [4.69, 9.17) is 0 Å². The van der Waals surface area contributed by atoms with Gasteiger partial charge in [0.15, 0.2) is 0 Å². The van der Waals surface area contributed by atoms with Crippen molar-refractivity contribution in [3.63, 3.8) is 0 Å². The van der Waals surface area contributed by atoms with Crippen molar-refractivity contribution in [2.75, 3.05) is 9.80 Å². The van der Waals surface area contributed by atoms with Crippen LogP contribution < -0.4 is 26.2 Å². The molecule has 0 fully saturated rings. The minimum Gasteiger partial charge on any atom is -0.310 e. The summed E-state index contributed by atoms with van der Waals surface area (Å²) in [7, 11) is 0. The fourth-order valence-corrected chi connectivity index (χ4v) is 18.1. The van der Waals surface area contributed by atoms with Crippen molar-refractivity contribution in [3.05, 3.63) is 418 Å². The molecule has 2 aliphatic heterocycles. The largest absolute Gasteiger partial charge is 0.310 e. The molecule has 0 amide bonds. The predicted octanol–water partition coefficient (Wildman–Crippen LogP) is 28.4. The molecule has 17 aromatic carbocycles. The van der Waals surface area contributed by atoms with Gasteiger partial charge in [0.05, 0.1) is 11.4 Å². The van der Waals surface area contributed by atoms with Gasteiger partial charge in [-0.2, -0.15) is 0 Å². The average Bonchev–Trinajstić information content (AvgIpc) is 0.688. The molecule has 0 aromatic heterocycles. The third kappa shape index (κ3) is 12.9. The van der Waals surface area contributed by atoms with Crippen molar-refractivity contribution < 1.29 is 0 Å². The minimum absolute atomic E-state index is 0.202. The molecule has 0 bridgehead atoms. The standard InChI is InChI=1S/C110H85BN2/c1-109(2,3)104-90(76-42-21-9-22-43-76)64-86(65-91(104)77-44-23-10-24-45-77)88-68-94(80-50-29-13-30-51-80)107(95(69-88)81-52-31-14-32-53-81)112-100-62-60-84(74-38-17-7-18-39-74)72-98(100)111-99-73-85(75-40-19-8-20-41-75)61-63-101(99)113(103-59-37-58-102(112)106(103)111)108-96(82-54-33-15-34-55-82)70-89(71-97(108)83-56-35-16-36-57-83)87-66-92(78-46-25-11-26-47-78)105(110(4,5)6)93(67-87)79-48-27-12-28-49-79/h7-73H,1-6H3. The third-order valence-corrected chi connectivity index (χ3v) is 23.0. The monoisotopic (exact) mass is 1440 g/mol. The van der Waals surface area contributed by atoms with Crippen LogP contribution in [0.25, 0.3) is 134 Å². The molecule has 2 nitrogen and oxygen atoms in total. The van der Waals surface area contributed by atoms with E-state index < -0.39 is 0 Å². The van der Waals surface area contributed by atoms with E-state index >= 15 is 0 Å². The van der Waals surface area contributed by atoms with Gasteiger partial charge in [-0.15, -0.1) is 0 Å². The fourth-order valence-electron chi connectivity index (χ4n) is 18.1. The molecule has 0 radical (unpaired) electrons. The van der Waals surface area contributed by atoms with Gasteiger partial charge in [0.25, 0.3) is 6.71 Å². The number of anilines is 6. The summed E-state index contributed by atoms with van der Waals surface area (Å²) in [5.41, 5.74) is 40.4. The van der Waals surface area contributed by atoms with Gasteiger partial charge < -0.3 is 9.80 Å². The van der Waals surface area contributed by atoms with E-state index in [2.05, 4.69) is 458 Å². The van der Waals surface area contributed by atoms with E-state index in [9.17, 15) is 0 Å². The summed E-state index contributed by atoms with van der Waals surface area (Å²) in [6.45, 7) is 13.9. The van der Waals surface area contributed by atoms with Crippen LogP contribution in [0.5, 0.6) is 0 Å². The van der Waals surface area contributed by atoms with Gasteiger partial charge in [-0.1, -0.05) is 375 Å². The Morgan fingerprint density at radius 1 is 0.177 bits per heavy atom. The first kappa shape index (κ1) is 69.8. The van der Waals surface area contributed by atoms with Crippen molar-refractivity contribution in [2.45, 2.75) is 52.4 Å². The molecule has 0 saturated carbocycles. The first-order valence-corrected chi connectivity index (χ1v) is 39.7. The molecule has 538 valence electrons. The maximum absolute atomic E-state index is 2.67. The highest BCUT2D eigenvalue weighted by Crippen LogP contribution is 2.56. The van der Waals surface area contributed by atoms with Gasteiger partial charge in [0.1, 0.15) is 0 Å². The molecule has 0 N–H and O–H groups in total. The Kier molecular flexibility index (Phi) is 17.9. The molecule has 0 aliphatic carbocycles. The van der Waals surface area contributed by atoms with E-state index in [-0.39, 0.29) is 17.5 Å². The van der Waals surface area contributed by atoms with E-state index in [1.165, 1.54) is 72.0 Å². The SMILES string of the molecule is CC(C)(C)c1c(-c2ccccc2)cc(-c2cc(-c3ccccc3)c(N3c4ccc(-c5ccccc5)cc4B4c5cc(-c6ccccc6)ccc5N(c5c(-c6ccccc6)cc(-c6cc(-c7ccccc7)c(C(C)(C)C)c(-c7ccccc7)c6)cc5-c5ccccc5)c5cccc3c54)c(-c3ccccc3)c2)cc1-c1ccccc1. The fraction of sp³-hybridized carbons (Fsp3) is 0.0727. The summed E-state index contributed by atoms with van der Waals surface area (Å²) in [6, 6.07) is 153. The quantitative estimate of drug-likeness (QED) is 0.100. The lowest BCUT2D eigenvalue weighted by atomic mass is 9.33. The number of hydrogen-bond donors (Lipinski definition) is 0. The van der Waals surface area contributed by atoms with E-state index in [1.54, 1.807) is 0 Å². The molecule has 2 heterocycles. The molecule has 0 saturated heterocycles. The minimum atomic E-state index is -0.242. The van der Waals surface area contributed by atoms with Crippen LogP contribution in [-0.4, -0.2) is 6.71 Å². The van der Waals surface area contributed by atoms with Crippen LogP contribution >= 0.6 is 0 Å². The lowest BCUT2D eigenvalue weighted by molar-refractivity contribution is 0.593. The zero-order chi connectivity index (χ0) is 76.3. The maximum atomic E-state index is 2.67. The highest BCUT2D eigenvalue weighted by Gasteiger charge is 2.46. The maximum Gasteiger partial charge on any atom is 0.252 e. The summed E-state index contributed by atoms with van der Waals surface area (Å²) in [5, 5.41) is 0. The van der Waals surface area contributed by atoms with Gasteiger partial charge in [-0.3, -0.25) is 0 Å². The second-order valence-corrected chi connectivity index (χ2v) is 32.3. The molecule has 0 spiro atoms. The Morgan fingerprint density at radius 2 is 0.389 bits per heavy atom. The summed E-state index contributed by atoms with van der Waals surface area (Å²) < 4.78 is 0. The van der Waals surface area contributed by atoms with E-state index in [0.29, 0.717) is 0 Å². The molecular weight excluding hydrogens is 1360 g/mol. The summed E-state index contributed by atoms with van der Waals surface area (Å²) in [4.78, 5) is 5.33. The van der Waals surface area contributed by atoms with Crippen molar-refractivity contribution >= 4 is 57.2 Å². The number of fused-ring (bicyclic) bond motifs is 4. The van der Waals surface area contributed by atoms with Crippen LogP contribution in [-0.2, 0) is 10.8 Å². The van der Waals surface area contributed by atoms with Crippen molar-refractivity contribution in [1.29, 1.82) is 0 Å². The van der Waals surface area contributed by atoms with E-state index in [1.807, 2.05) is 0 Å². The Hall–Kier alpha value is -13.6. The average molecular weight is 1450 g/mol. The highest BCUT2D eigenvalue weighted by atomic mass is 15.2. The van der Waals surface area contributed by atoms with Gasteiger partial charge in [0.2, 0.25) is 0 Å². The second kappa shape index (κ2) is 29.0. The first-order valence-electron chi connectivity index (χ1n) is 39.7. The smallest absolute Gasteiger partial charge is 0.252 e. The second-order valence-electron chi connectivity index (χ2n) is 32.3. The molecule has 2 aliphatic rings. The van der Waals surface area contributed by atoms with Gasteiger partial charge >= 0.3 is 0 Å². The number of benzene rings is 17. The van der Waals surface area contributed by atoms with Crippen LogP contribution in [0.4, 0.5) is 34.1 Å². The van der Waals surface area contributed by atoms with Crippen LogP contribution in [0.2, 0.25) is 0 Å². The molecule has 0 atom stereocenters. The first-order chi connectivity index (χ1) is 55.4. The Balaban J connectivity index is 0.930. The van der Waals surface area contributed by atoms with E-state index in [0.717, 1.165) is 123 Å².